The van der Waals surface area contributed by atoms with Gasteiger partial charge in [0, 0.05) is 18.0 Å². The van der Waals surface area contributed by atoms with E-state index in [1.54, 1.807) is 6.20 Å². The van der Waals surface area contributed by atoms with Crippen molar-refractivity contribution in [2.75, 3.05) is 0 Å². The molecule has 0 radical (unpaired) electrons. The van der Waals surface area contributed by atoms with Gasteiger partial charge in [-0.25, -0.2) is 0 Å². The van der Waals surface area contributed by atoms with Gasteiger partial charge in [-0.3, -0.25) is 4.98 Å². The summed E-state index contributed by atoms with van der Waals surface area (Å²) in [6.45, 7) is 4.20. The van der Waals surface area contributed by atoms with Gasteiger partial charge in [0.1, 0.15) is 0 Å². The van der Waals surface area contributed by atoms with Crippen LogP contribution in [0.25, 0.3) is 10.9 Å². The van der Waals surface area contributed by atoms with Crippen molar-refractivity contribution < 1.29 is 5.11 Å². The average molecular weight is 277 g/mol. The van der Waals surface area contributed by atoms with Crippen LogP contribution in [0.2, 0.25) is 0 Å². The molecule has 0 saturated carbocycles. The minimum absolute atomic E-state index is 0.501. The van der Waals surface area contributed by atoms with Gasteiger partial charge in [0.15, 0.2) is 0 Å². The number of aliphatic hydroxyl groups excluding tert-OH is 1. The summed E-state index contributed by atoms with van der Waals surface area (Å²) in [4.78, 5) is 4.35. The topological polar surface area (TPSA) is 33.1 Å². The molecular formula is C19H19NO. The smallest absolute Gasteiger partial charge is 0.0831 e. The van der Waals surface area contributed by atoms with E-state index in [-0.39, 0.29) is 0 Å². The maximum Gasteiger partial charge on any atom is 0.0831 e. The predicted molar refractivity (Wildman–Crippen MR) is 86.3 cm³/mol. The molecular weight excluding hydrogens is 258 g/mol. The number of aliphatic hydroxyl groups is 1. The van der Waals surface area contributed by atoms with Crippen LogP contribution in [0, 0.1) is 13.8 Å². The Bertz CT molecular complexity index is 779. The fraction of sp³-hybridized carbons (Fsp3) is 0.211. The van der Waals surface area contributed by atoms with Crippen molar-refractivity contribution >= 4 is 10.9 Å². The van der Waals surface area contributed by atoms with Gasteiger partial charge < -0.3 is 5.11 Å². The van der Waals surface area contributed by atoms with Crippen molar-refractivity contribution in [2.45, 2.75) is 26.4 Å². The molecule has 0 aliphatic carbocycles. The first-order chi connectivity index (χ1) is 10.1. The lowest BCUT2D eigenvalue weighted by atomic mass is 9.98. The second-order valence-electron chi connectivity index (χ2n) is 5.59. The first-order valence-electron chi connectivity index (χ1n) is 7.22. The van der Waals surface area contributed by atoms with E-state index in [4.69, 9.17) is 0 Å². The lowest BCUT2D eigenvalue weighted by Crippen LogP contribution is -2.02. The van der Waals surface area contributed by atoms with Gasteiger partial charge in [0.25, 0.3) is 0 Å². The standard InChI is InChI=1S/C19H19NO/c1-13-5-6-15(10-14(13)2)11-19(21)17-8-7-16-4-3-9-20-18(16)12-17/h3-10,12,19,21H,11H2,1-2H3. The van der Waals surface area contributed by atoms with Crippen molar-refractivity contribution in [1.29, 1.82) is 0 Å². The zero-order chi connectivity index (χ0) is 14.8. The number of hydrogen-bond acceptors (Lipinski definition) is 2. The molecule has 2 nitrogen and oxygen atoms in total. The second kappa shape index (κ2) is 5.66. The molecule has 0 spiro atoms. The first-order valence-corrected chi connectivity index (χ1v) is 7.22. The van der Waals surface area contributed by atoms with E-state index in [0.717, 1.165) is 22.0 Å². The van der Waals surface area contributed by atoms with Gasteiger partial charge in [-0.05, 0) is 48.2 Å². The fourth-order valence-corrected chi connectivity index (χ4v) is 2.56. The Hall–Kier alpha value is -2.19. The molecule has 1 unspecified atom stereocenters. The minimum atomic E-state index is -0.501. The molecule has 0 saturated heterocycles. The Kier molecular flexibility index (Phi) is 3.72. The summed E-state index contributed by atoms with van der Waals surface area (Å²) in [5.41, 5.74) is 5.54. The molecule has 1 atom stereocenters. The molecule has 1 heterocycles. The third kappa shape index (κ3) is 2.96. The van der Waals surface area contributed by atoms with Gasteiger partial charge in [0.2, 0.25) is 0 Å². The molecule has 3 rings (SSSR count). The van der Waals surface area contributed by atoms with Crippen LogP contribution in [0.1, 0.15) is 28.4 Å². The number of hydrogen-bond donors (Lipinski definition) is 1. The lowest BCUT2D eigenvalue weighted by Gasteiger charge is -2.13. The lowest BCUT2D eigenvalue weighted by molar-refractivity contribution is 0.178. The molecule has 0 aliphatic rings. The van der Waals surface area contributed by atoms with Crippen molar-refractivity contribution in [3.8, 4) is 0 Å². The zero-order valence-corrected chi connectivity index (χ0v) is 12.4. The zero-order valence-electron chi connectivity index (χ0n) is 12.4. The minimum Gasteiger partial charge on any atom is -0.388 e. The average Bonchev–Trinajstić information content (AvgIpc) is 2.50. The van der Waals surface area contributed by atoms with Crippen LogP contribution in [-0.2, 0) is 6.42 Å². The predicted octanol–water partition coefficient (Wildman–Crippen LogP) is 4.13. The summed E-state index contributed by atoms with van der Waals surface area (Å²) < 4.78 is 0. The summed E-state index contributed by atoms with van der Waals surface area (Å²) in [6.07, 6.45) is 1.90. The van der Waals surface area contributed by atoms with Gasteiger partial charge >= 0.3 is 0 Å². The third-order valence-corrected chi connectivity index (χ3v) is 4.02. The second-order valence-corrected chi connectivity index (χ2v) is 5.59. The SMILES string of the molecule is Cc1ccc(CC(O)c2ccc3cccnc3c2)cc1C. The molecule has 3 aromatic rings. The largest absolute Gasteiger partial charge is 0.388 e. The van der Waals surface area contributed by atoms with Crippen LogP contribution in [0.3, 0.4) is 0 Å². The first kappa shape index (κ1) is 13.8. The van der Waals surface area contributed by atoms with E-state index >= 15 is 0 Å². The Morgan fingerprint density at radius 2 is 1.86 bits per heavy atom. The number of nitrogens with zero attached hydrogens (tertiary/aromatic N) is 1. The van der Waals surface area contributed by atoms with Crippen LogP contribution >= 0.6 is 0 Å². The maximum atomic E-state index is 10.5. The van der Waals surface area contributed by atoms with Crippen molar-refractivity contribution in [1.82, 2.24) is 4.98 Å². The van der Waals surface area contributed by atoms with E-state index < -0.39 is 6.10 Å². The molecule has 0 amide bonds. The number of aryl methyl sites for hydroxylation is 2. The quantitative estimate of drug-likeness (QED) is 0.781. The molecule has 0 fully saturated rings. The highest BCUT2D eigenvalue weighted by atomic mass is 16.3. The van der Waals surface area contributed by atoms with Crippen molar-refractivity contribution in [2.24, 2.45) is 0 Å². The Balaban J connectivity index is 1.85. The van der Waals surface area contributed by atoms with Gasteiger partial charge in [-0.1, -0.05) is 36.4 Å². The van der Waals surface area contributed by atoms with Crippen LogP contribution in [0.15, 0.2) is 54.7 Å². The van der Waals surface area contributed by atoms with E-state index in [1.807, 2.05) is 30.3 Å². The summed E-state index contributed by atoms with van der Waals surface area (Å²) in [7, 11) is 0. The maximum absolute atomic E-state index is 10.5. The summed E-state index contributed by atoms with van der Waals surface area (Å²) in [6, 6.07) is 16.3. The Labute approximate surface area is 125 Å². The monoisotopic (exact) mass is 277 g/mol. The number of rotatable bonds is 3. The number of fused-ring (bicyclic) bond motifs is 1. The van der Waals surface area contributed by atoms with E-state index in [9.17, 15) is 5.11 Å². The highest BCUT2D eigenvalue weighted by Crippen LogP contribution is 2.23. The number of pyridine rings is 1. The molecule has 1 N–H and O–H groups in total. The Morgan fingerprint density at radius 3 is 2.67 bits per heavy atom. The van der Waals surface area contributed by atoms with Crippen LogP contribution < -0.4 is 0 Å². The number of benzene rings is 2. The molecule has 0 bridgehead atoms. The Morgan fingerprint density at radius 1 is 1.00 bits per heavy atom. The van der Waals surface area contributed by atoms with Crippen molar-refractivity contribution in [3.63, 3.8) is 0 Å². The van der Waals surface area contributed by atoms with Gasteiger partial charge in [-0.2, -0.15) is 0 Å². The van der Waals surface area contributed by atoms with Gasteiger partial charge in [-0.15, -0.1) is 0 Å². The molecule has 2 heteroatoms. The summed E-state index contributed by atoms with van der Waals surface area (Å²) in [5.74, 6) is 0. The fourth-order valence-electron chi connectivity index (χ4n) is 2.56. The van der Waals surface area contributed by atoms with Gasteiger partial charge in [0.05, 0.1) is 11.6 Å². The number of aromatic nitrogens is 1. The van der Waals surface area contributed by atoms with Crippen LogP contribution in [0.4, 0.5) is 0 Å². The van der Waals surface area contributed by atoms with E-state index in [0.29, 0.717) is 6.42 Å². The highest BCUT2D eigenvalue weighted by molar-refractivity contribution is 5.78. The molecule has 106 valence electrons. The van der Waals surface area contributed by atoms with Crippen LogP contribution in [-0.4, -0.2) is 10.1 Å². The van der Waals surface area contributed by atoms with E-state index in [2.05, 4.69) is 37.0 Å². The van der Waals surface area contributed by atoms with E-state index in [1.165, 1.54) is 11.1 Å². The normalized spacial score (nSPS) is 12.5. The van der Waals surface area contributed by atoms with Crippen molar-refractivity contribution in [3.05, 3.63) is 77.0 Å². The third-order valence-electron chi connectivity index (χ3n) is 4.02. The molecule has 0 aliphatic heterocycles. The summed E-state index contributed by atoms with van der Waals surface area (Å²) in [5, 5.41) is 11.6. The highest BCUT2D eigenvalue weighted by Gasteiger charge is 2.10. The molecule has 2 aromatic carbocycles. The molecule has 1 aromatic heterocycles. The summed E-state index contributed by atoms with van der Waals surface area (Å²) >= 11 is 0. The van der Waals surface area contributed by atoms with Crippen LogP contribution in [0.5, 0.6) is 0 Å². The molecule has 21 heavy (non-hydrogen) atoms.